The van der Waals surface area contributed by atoms with Crippen LogP contribution in [0.25, 0.3) is 11.8 Å². The van der Waals surface area contributed by atoms with Crippen molar-refractivity contribution in [3.05, 3.63) is 62.3 Å². The average molecular weight is 342 g/mol. The second-order valence-electron chi connectivity index (χ2n) is 5.33. The molecule has 0 unspecified atom stereocenters. The van der Waals surface area contributed by atoms with Crippen molar-refractivity contribution in [2.24, 2.45) is 0 Å². The Balaban J connectivity index is 2.06. The number of aromatic nitrogens is 1. The van der Waals surface area contributed by atoms with Crippen LogP contribution in [0.3, 0.4) is 0 Å². The number of thioether (sulfide) groups is 1. The van der Waals surface area contributed by atoms with Crippen molar-refractivity contribution in [1.29, 1.82) is 5.41 Å². The monoisotopic (exact) mass is 342 g/mol. The molecular weight excluding hydrogens is 328 g/mol. The highest BCUT2D eigenvalue weighted by molar-refractivity contribution is 8.18. The number of aryl methyl sites for hydroxylation is 1. The van der Waals surface area contributed by atoms with Gasteiger partial charge in [-0.2, -0.15) is 0 Å². The van der Waals surface area contributed by atoms with Crippen LogP contribution in [0.1, 0.15) is 17.0 Å². The minimum atomic E-state index is -0.425. The molecule has 1 aliphatic rings. The molecule has 1 aliphatic heterocycles. The highest BCUT2D eigenvalue weighted by atomic mass is 32.2. The lowest BCUT2D eigenvalue weighted by Crippen LogP contribution is -2.18. The zero-order chi connectivity index (χ0) is 17.4. The number of nitrogens with zero attached hydrogens (tertiary/aromatic N) is 2. The van der Waals surface area contributed by atoms with Gasteiger partial charge in [0.15, 0.2) is 5.17 Å². The largest absolute Gasteiger partial charge is 0.318 e. The summed E-state index contributed by atoms with van der Waals surface area (Å²) >= 11 is 1.08. The highest BCUT2D eigenvalue weighted by Gasteiger charge is 2.23. The summed E-state index contributed by atoms with van der Waals surface area (Å²) in [5, 5.41) is 21.0. The maximum Gasteiger partial charge on any atom is 0.271 e. The van der Waals surface area contributed by atoms with Gasteiger partial charge in [0.2, 0.25) is 0 Å². The van der Waals surface area contributed by atoms with Gasteiger partial charge in [-0.1, -0.05) is 6.07 Å². The number of nitro groups is 1. The van der Waals surface area contributed by atoms with Gasteiger partial charge in [0.05, 0.1) is 15.5 Å². The minimum absolute atomic E-state index is 0.0269. The van der Waals surface area contributed by atoms with Crippen LogP contribution >= 0.6 is 11.8 Å². The predicted octanol–water partition coefficient (Wildman–Crippen LogP) is 3.14. The summed E-state index contributed by atoms with van der Waals surface area (Å²) in [5.74, 6) is -0.287. The molecule has 0 aliphatic carbocycles. The molecule has 1 aromatic heterocycles. The van der Waals surface area contributed by atoms with Crippen molar-refractivity contribution in [3.63, 3.8) is 0 Å². The molecule has 0 bridgehead atoms. The van der Waals surface area contributed by atoms with E-state index in [9.17, 15) is 14.9 Å². The lowest BCUT2D eigenvalue weighted by atomic mass is 10.2. The van der Waals surface area contributed by atoms with Gasteiger partial charge < -0.3 is 9.88 Å². The van der Waals surface area contributed by atoms with Gasteiger partial charge in [0, 0.05) is 23.5 Å². The van der Waals surface area contributed by atoms with Crippen molar-refractivity contribution in [3.8, 4) is 5.69 Å². The number of nitrogens with one attached hydrogen (secondary N) is 2. The molecule has 1 aromatic carbocycles. The van der Waals surface area contributed by atoms with E-state index in [-0.39, 0.29) is 16.8 Å². The molecule has 1 amide bonds. The molecule has 0 radical (unpaired) electrons. The molecule has 3 rings (SSSR count). The number of hydrogen-bond acceptors (Lipinski definition) is 5. The number of rotatable bonds is 3. The fraction of sp³-hybridized carbons (Fsp3) is 0.125. The van der Waals surface area contributed by atoms with Gasteiger partial charge in [-0.15, -0.1) is 0 Å². The van der Waals surface area contributed by atoms with Crippen LogP contribution in [0.5, 0.6) is 0 Å². The summed E-state index contributed by atoms with van der Waals surface area (Å²) in [5.41, 5.74) is 3.33. The average Bonchev–Trinajstić information content (AvgIpc) is 2.98. The summed E-state index contributed by atoms with van der Waals surface area (Å²) in [4.78, 5) is 22.8. The number of amides is 1. The Morgan fingerprint density at radius 3 is 2.71 bits per heavy atom. The first-order valence-electron chi connectivity index (χ1n) is 7.10. The molecular formula is C16H14N4O3S. The van der Waals surface area contributed by atoms with Crippen LogP contribution in [-0.2, 0) is 4.79 Å². The molecule has 0 saturated carbocycles. The normalized spacial score (nSPS) is 15.8. The van der Waals surface area contributed by atoms with Gasteiger partial charge in [-0.3, -0.25) is 20.3 Å². The molecule has 2 heterocycles. The minimum Gasteiger partial charge on any atom is -0.318 e. The maximum absolute atomic E-state index is 11.8. The fourth-order valence-corrected chi connectivity index (χ4v) is 3.35. The van der Waals surface area contributed by atoms with E-state index in [2.05, 4.69) is 5.32 Å². The molecule has 24 heavy (non-hydrogen) atoms. The molecule has 2 aromatic rings. The molecule has 2 N–H and O–H groups in total. The van der Waals surface area contributed by atoms with Crippen molar-refractivity contribution in [2.45, 2.75) is 13.8 Å². The number of nitro benzene ring substituents is 1. The van der Waals surface area contributed by atoms with Gasteiger partial charge >= 0.3 is 0 Å². The van der Waals surface area contributed by atoms with E-state index in [0.717, 1.165) is 28.7 Å². The number of carbonyl (C=O) groups excluding carboxylic acids is 1. The first-order valence-corrected chi connectivity index (χ1v) is 7.91. The number of amidine groups is 1. The number of non-ortho nitro benzene ring substituents is 1. The summed E-state index contributed by atoms with van der Waals surface area (Å²) in [7, 11) is 0. The van der Waals surface area contributed by atoms with E-state index >= 15 is 0 Å². The van der Waals surface area contributed by atoms with E-state index in [1.165, 1.54) is 12.1 Å². The Labute approximate surface area is 142 Å². The van der Waals surface area contributed by atoms with Crippen LogP contribution in [0, 0.1) is 29.4 Å². The number of benzene rings is 1. The molecule has 1 fully saturated rings. The molecule has 122 valence electrons. The smallest absolute Gasteiger partial charge is 0.271 e. The first kappa shape index (κ1) is 16.0. The molecule has 8 heteroatoms. The van der Waals surface area contributed by atoms with Crippen molar-refractivity contribution in [2.75, 3.05) is 0 Å². The molecule has 1 saturated heterocycles. The Morgan fingerprint density at radius 1 is 1.33 bits per heavy atom. The molecule has 0 spiro atoms. The van der Waals surface area contributed by atoms with Crippen LogP contribution in [0.4, 0.5) is 5.69 Å². The fourth-order valence-electron chi connectivity index (χ4n) is 2.66. The van der Waals surface area contributed by atoms with Crippen molar-refractivity contribution in [1.82, 2.24) is 9.88 Å². The highest BCUT2D eigenvalue weighted by Crippen LogP contribution is 2.29. The van der Waals surface area contributed by atoms with Gasteiger partial charge in [0.1, 0.15) is 0 Å². The zero-order valence-electron chi connectivity index (χ0n) is 13.0. The van der Waals surface area contributed by atoms with Gasteiger partial charge in [-0.05, 0) is 49.4 Å². The van der Waals surface area contributed by atoms with Gasteiger partial charge in [-0.25, -0.2) is 0 Å². The SMILES string of the molecule is Cc1cc(/C=C2\SC(=N)NC2=O)c(C)n1-c1cccc([N+](=O)[O-])c1. The second-order valence-corrected chi connectivity index (χ2v) is 6.38. The van der Waals surface area contributed by atoms with Crippen LogP contribution < -0.4 is 5.32 Å². The summed E-state index contributed by atoms with van der Waals surface area (Å²) in [6.45, 7) is 3.79. The quantitative estimate of drug-likeness (QED) is 0.508. The molecule has 7 nitrogen and oxygen atoms in total. The van der Waals surface area contributed by atoms with Gasteiger partial charge in [0.25, 0.3) is 11.6 Å². The van der Waals surface area contributed by atoms with Crippen molar-refractivity contribution >= 4 is 34.6 Å². The second kappa shape index (κ2) is 5.97. The Kier molecular flexibility index (Phi) is 3.98. The summed E-state index contributed by atoms with van der Waals surface area (Å²) < 4.78 is 1.90. The topological polar surface area (TPSA) is 101 Å². The Hall–Kier alpha value is -2.87. The Morgan fingerprint density at radius 2 is 2.08 bits per heavy atom. The van der Waals surface area contributed by atoms with Crippen LogP contribution in [0.15, 0.2) is 35.2 Å². The summed E-state index contributed by atoms with van der Waals surface area (Å²) in [6, 6.07) is 8.33. The lowest BCUT2D eigenvalue weighted by molar-refractivity contribution is -0.384. The zero-order valence-corrected chi connectivity index (χ0v) is 13.8. The summed E-state index contributed by atoms with van der Waals surface area (Å²) in [6.07, 6.45) is 1.73. The third kappa shape index (κ3) is 2.83. The number of hydrogen-bond donors (Lipinski definition) is 2. The first-order chi connectivity index (χ1) is 11.4. The van der Waals surface area contributed by atoms with Crippen LogP contribution in [0.2, 0.25) is 0 Å². The molecule has 0 atom stereocenters. The van der Waals surface area contributed by atoms with E-state index in [1.807, 2.05) is 24.5 Å². The third-order valence-electron chi connectivity index (χ3n) is 3.72. The number of carbonyl (C=O) groups is 1. The van der Waals surface area contributed by atoms with E-state index < -0.39 is 4.92 Å². The maximum atomic E-state index is 11.8. The Bertz CT molecular complexity index is 914. The van der Waals surface area contributed by atoms with Crippen molar-refractivity contribution < 1.29 is 9.72 Å². The van der Waals surface area contributed by atoms with Crippen LogP contribution in [-0.4, -0.2) is 20.6 Å². The van der Waals surface area contributed by atoms with E-state index in [1.54, 1.807) is 18.2 Å². The van der Waals surface area contributed by atoms with E-state index in [4.69, 9.17) is 5.41 Å². The predicted molar refractivity (Wildman–Crippen MR) is 93.3 cm³/mol. The van der Waals surface area contributed by atoms with E-state index in [0.29, 0.717) is 10.6 Å². The third-order valence-corrected chi connectivity index (χ3v) is 4.55. The standard InChI is InChI=1S/C16H14N4O3S/c1-9-6-11(7-14-15(21)18-16(17)24-14)10(2)19(9)12-4-3-5-13(8-12)20(22)23/h3-8H,1-2H3,(H2,17,18,21)/b14-7-. The lowest BCUT2D eigenvalue weighted by Gasteiger charge is -2.09.